The van der Waals surface area contributed by atoms with Crippen molar-refractivity contribution in [3.05, 3.63) is 59.4 Å². The molecule has 0 saturated heterocycles. The molecule has 1 N–H and O–H groups in total. The van der Waals surface area contributed by atoms with Gasteiger partial charge in [-0.15, -0.1) is 0 Å². The zero-order chi connectivity index (χ0) is 25.7. The molecule has 4 aromatic rings. The zero-order valence-electron chi connectivity index (χ0n) is 20.9. The summed E-state index contributed by atoms with van der Waals surface area (Å²) in [5.74, 6) is -1.12. The van der Waals surface area contributed by atoms with Crippen LogP contribution in [-0.4, -0.2) is 37.6 Å². The minimum Gasteiger partial charge on any atom is -0.361 e. The molecule has 4 heterocycles. The van der Waals surface area contributed by atoms with E-state index in [9.17, 15) is 13.6 Å². The van der Waals surface area contributed by atoms with Gasteiger partial charge in [-0.05, 0) is 75.6 Å². The van der Waals surface area contributed by atoms with Crippen molar-refractivity contribution in [3.63, 3.8) is 0 Å². The van der Waals surface area contributed by atoms with Crippen LogP contribution >= 0.6 is 0 Å². The van der Waals surface area contributed by atoms with E-state index in [1.807, 2.05) is 30.7 Å². The summed E-state index contributed by atoms with van der Waals surface area (Å²) >= 11 is 0. The number of hydrogen-bond acceptors (Lipinski definition) is 5. The molecule has 9 heteroatoms. The fourth-order valence-electron chi connectivity index (χ4n) is 5.32. The molecule has 7 nitrogen and oxygen atoms in total. The Labute approximate surface area is 213 Å². The molecule has 0 spiro atoms. The molecule has 0 atom stereocenters. The van der Waals surface area contributed by atoms with E-state index >= 15 is 0 Å². The number of hydrogen-bond donors (Lipinski definition) is 1. The molecule has 0 aromatic carbocycles. The molecule has 0 radical (unpaired) electrons. The van der Waals surface area contributed by atoms with Crippen molar-refractivity contribution in [2.75, 3.05) is 0 Å². The van der Waals surface area contributed by atoms with Gasteiger partial charge in [-0.25, -0.2) is 18.7 Å². The van der Waals surface area contributed by atoms with Crippen molar-refractivity contribution < 1.29 is 18.1 Å². The molecule has 2 aliphatic rings. The number of nitrogens with zero attached hydrogens (tertiary/aromatic N) is 4. The van der Waals surface area contributed by atoms with E-state index in [0.717, 1.165) is 52.0 Å². The lowest BCUT2D eigenvalue weighted by molar-refractivity contribution is -0.0456. The lowest BCUT2D eigenvalue weighted by atomic mass is 9.83. The van der Waals surface area contributed by atoms with E-state index in [2.05, 4.69) is 21.5 Å². The van der Waals surface area contributed by atoms with Crippen molar-refractivity contribution in [1.82, 2.24) is 25.0 Å². The van der Waals surface area contributed by atoms with Crippen molar-refractivity contribution in [2.45, 2.75) is 70.8 Å². The van der Waals surface area contributed by atoms with Gasteiger partial charge in [0.2, 0.25) is 5.92 Å². The fourth-order valence-corrected chi connectivity index (χ4v) is 5.32. The van der Waals surface area contributed by atoms with Crippen molar-refractivity contribution >= 4 is 16.9 Å². The quantitative estimate of drug-likeness (QED) is 0.350. The molecule has 2 fully saturated rings. The third-order valence-electron chi connectivity index (χ3n) is 7.56. The van der Waals surface area contributed by atoms with Gasteiger partial charge >= 0.3 is 0 Å². The maximum atomic E-state index is 13.8. The van der Waals surface area contributed by atoms with E-state index in [-0.39, 0.29) is 30.7 Å². The molecule has 0 bridgehead atoms. The number of fused-ring (bicyclic) bond motifs is 1. The van der Waals surface area contributed by atoms with Crippen LogP contribution in [0.25, 0.3) is 28.0 Å². The molecule has 192 valence electrons. The van der Waals surface area contributed by atoms with Crippen molar-refractivity contribution in [1.29, 1.82) is 0 Å². The smallest absolute Gasteiger partial charge is 0.253 e. The van der Waals surface area contributed by atoms with Crippen molar-refractivity contribution in [2.24, 2.45) is 5.92 Å². The van der Waals surface area contributed by atoms with Crippen LogP contribution in [0.15, 0.2) is 41.3 Å². The zero-order valence-corrected chi connectivity index (χ0v) is 20.9. The number of pyridine rings is 2. The highest BCUT2D eigenvalue weighted by Crippen LogP contribution is 2.39. The lowest BCUT2D eigenvalue weighted by Crippen LogP contribution is -2.25. The van der Waals surface area contributed by atoms with E-state index in [1.165, 1.54) is 0 Å². The molecule has 6 rings (SSSR count). The molecular formula is C28H29F2N5O2. The molecular weight excluding hydrogens is 476 g/mol. The number of carbonyl (C=O) groups is 1. The van der Waals surface area contributed by atoms with Crippen LogP contribution in [0, 0.1) is 19.8 Å². The normalized spacial score (nSPS) is 17.8. The topological polar surface area (TPSA) is 85.8 Å². The molecule has 2 aliphatic carbocycles. The summed E-state index contributed by atoms with van der Waals surface area (Å²) in [4.78, 5) is 21.8. The molecule has 0 unspecified atom stereocenters. The predicted molar refractivity (Wildman–Crippen MR) is 135 cm³/mol. The number of nitrogens with one attached hydrogen (secondary N) is 1. The highest BCUT2D eigenvalue weighted by atomic mass is 19.3. The van der Waals surface area contributed by atoms with E-state index in [1.54, 1.807) is 18.5 Å². The number of amides is 1. The largest absolute Gasteiger partial charge is 0.361 e. The number of rotatable bonds is 6. The van der Waals surface area contributed by atoms with Crippen LogP contribution in [-0.2, 0) is 6.42 Å². The first kappa shape index (κ1) is 23.8. The number of alkyl halides is 2. The lowest BCUT2D eigenvalue weighted by Gasteiger charge is -2.28. The maximum absolute atomic E-state index is 13.8. The summed E-state index contributed by atoms with van der Waals surface area (Å²) in [6.07, 6.45) is 9.00. The standard InChI is InChI=1S/C28H29F2N5O2/c1-16-25(17(2)37-34-16)20-12-23-21(11-18-7-9-28(29,30)10-8-18)15-35(26(23)32-14-20)24-6-3-19(13-31-24)27(36)33-22-4-5-22/h3,6,12-15,18,22H,4-5,7-11H2,1-2H3,(H,33,36). The Morgan fingerprint density at radius 2 is 1.92 bits per heavy atom. The number of carbonyl (C=O) groups excluding carboxylic acids is 1. The van der Waals surface area contributed by atoms with Gasteiger partial charge in [0.25, 0.3) is 5.91 Å². The first-order valence-corrected chi connectivity index (χ1v) is 12.9. The van der Waals surface area contributed by atoms with Crippen molar-refractivity contribution in [3.8, 4) is 16.9 Å². The predicted octanol–water partition coefficient (Wildman–Crippen LogP) is 5.95. The second kappa shape index (κ2) is 9.04. The van der Waals surface area contributed by atoms with Gasteiger partial charge < -0.3 is 9.84 Å². The minimum absolute atomic E-state index is 0.0647. The fraction of sp³-hybridized carbons (Fsp3) is 0.429. The summed E-state index contributed by atoms with van der Waals surface area (Å²) in [5.41, 5.74) is 4.89. The third-order valence-corrected chi connectivity index (χ3v) is 7.56. The summed E-state index contributed by atoms with van der Waals surface area (Å²) < 4.78 is 34.8. The average Bonchev–Trinajstić information content (AvgIpc) is 3.54. The summed E-state index contributed by atoms with van der Waals surface area (Å²) in [6, 6.07) is 5.94. The SMILES string of the molecule is Cc1noc(C)c1-c1cnc2c(c1)c(CC1CCC(F)(F)CC1)cn2-c1ccc(C(=O)NC2CC2)cn1. The van der Waals surface area contributed by atoms with Gasteiger partial charge in [-0.3, -0.25) is 9.36 Å². The maximum Gasteiger partial charge on any atom is 0.253 e. The molecule has 1 amide bonds. The van der Waals surface area contributed by atoms with Crippen LogP contribution in [0.3, 0.4) is 0 Å². The van der Waals surface area contributed by atoms with Crippen LogP contribution in [0.1, 0.15) is 65.9 Å². The Bertz CT molecular complexity index is 1440. The van der Waals surface area contributed by atoms with Gasteiger partial charge in [-0.1, -0.05) is 5.16 Å². The second-order valence-corrected chi connectivity index (χ2v) is 10.5. The highest BCUT2D eigenvalue weighted by Gasteiger charge is 2.35. The first-order valence-electron chi connectivity index (χ1n) is 12.9. The highest BCUT2D eigenvalue weighted by molar-refractivity contribution is 5.94. The minimum atomic E-state index is -2.56. The van der Waals surface area contributed by atoms with E-state index in [0.29, 0.717) is 30.6 Å². The molecule has 37 heavy (non-hydrogen) atoms. The molecule has 4 aromatic heterocycles. The first-order chi connectivity index (χ1) is 17.8. The van der Waals surface area contributed by atoms with Crippen LogP contribution in [0.2, 0.25) is 0 Å². The van der Waals surface area contributed by atoms with Gasteiger partial charge in [-0.2, -0.15) is 0 Å². The van der Waals surface area contributed by atoms with Gasteiger partial charge in [0.1, 0.15) is 17.2 Å². The van der Waals surface area contributed by atoms with Crippen LogP contribution in [0.5, 0.6) is 0 Å². The number of aryl methyl sites for hydroxylation is 2. The Kier molecular flexibility index (Phi) is 5.81. The number of aromatic nitrogens is 4. The van der Waals surface area contributed by atoms with Gasteiger partial charge in [0.05, 0.1) is 11.3 Å². The van der Waals surface area contributed by atoms with Crippen LogP contribution < -0.4 is 5.32 Å². The molecule has 2 saturated carbocycles. The Balaban J connectivity index is 1.37. The number of halogens is 2. The Morgan fingerprint density at radius 3 is 2.57 bits per heavy atom. The van der Waals surface area contributed by atoms with Gasteiger partial charge in [0.15, 0.2) is 0 Å². The van der Waals surface area contributed by atoms with Crippen LogP contribution in [0.4, 0.5) is 8.78 Å². The van der Waals surface area contributed by atoms with Gasteiger partial charge in [0, 0.05) is 54.0 Å². The average molecular weight is 506 g/mol. The second-order valence-electron chi connectivity index (χ2n) is 10.5. The Hall–Kier alpha value is -3.62. The monoisotopic (exact) mass is 505 g/mol. The van der Waals surface area contributed by atoms with E-state index < -0.39 is 5.92 Å². The molecule has 0 aliphatic heterocycles. The summed E-state index contributed by atoms with van der Waals surface area (Å²) in [6.45, 7) is 3.77. The Morgan fingerprint density at radius 1 is 1.14 bits per heavy atom. The third kappa shape index (κ3) is 4.74. The summed E-state index contributed by atoms with van der Waals surface area (Å²) in [7, 11) is 0. The van der Waals surface area contributed by atoms with E-state index in [4.69, 9.17) is 9.51 Å². The summed E-state index contributed by atoms with van der Waals surface area (Å²) in [5, 5.41) is 8.01.